The first kappa shape index (κ1) is 21.1. The minimum atomic E-state index is -0.952. The molecule has 0 spiro atoms. The number of piperidine rings is 1. The average molecular weight is 425 g/mol. The second-order valence-corrected chi connectivity index (χ2v) is 7.88. The molecule has 0 unspecified atom stereocenters. The zero-order valence-electron chi connectivity index (χ0n) is 18.0. The van der Waals surface area contributed by atoms with E-state index in [0.717, 1.165) is 55.9 Å². The van der Waals surface area contributed by atoms with Crippen molar-refractivity contribution in [2.45, 2.75) is 38.8 Å². The number of nitrogens with zero attached hydrogens (tertiary/aromatic N) is 4. The number of aromatic nitrogens is 3. The molecule has 2 heterocycles. The number of methoxy groups -OCH3 is 1. The Kier molecular flexibility index (Phi) is 6.36. The fraction of sp³-hybridized carbons (Fsp3) is 0.435. The average Bonchev–Trinajstić information content (AvgIpc) is 3.21. The number of ether oxygens (including phenoxy) is 2. The predicted octanol–water partition coefficient (Wildman–Crippen LogP) is 3.76. The van der Waals surface area contributed by atoms with Gasteiger partial charge in [-0.2, -0.15) is 0 Å². The molecule has 4 rings (SSSR count). The van der Waals surface area contributed by atoms with Crippen LogP contribution in [0.1, 0.15) is 48.1 Å². The molecule has 0 aliphatic carbocycles. The van der Waals surface area contributed by atoms with E-state index in [1.165, 1.54) is 5.56 Å². The van der Waals surface area contributed by atoms with Gasteiger partial charge in [-0.1, -0.05) is 18.2 Å². The summed E-state index contributed by atoms with van der Waals surface area (Å²) in [7, 11) is 1.66. The summed E-state index contributed by atoms with van der Waals surface area (Å²) in [6.07, 6.45) is 2.89. The zero-order chi connectivity index (χ0) is 21.8. The number of hydrogen-bond acceptors (Lipinski definition) is 6. The molecule has 0 bridgehead atoms. The number of hydrogen-bond donors (Lipinski definition) is 1. The lowest BCUT2D eigenvalue weighted by Gasteiger charge is -2.32. The van der Waals surface area contributed by atoms with Gasteiger partial charge in [0.25, 0.3) is 0 Å². The molecule has 1 aliphatic heterocycles. The van der Waals surface area contributed by atoms with Crippen molar-refractivity contribution < 1.29 is 19.4 Å². The van der Waals surface area contributed by atoms with E-state index in [1.807, 2.05) is 10.7 Å². The standard InChI is InChI=1S/C23H28N4O4/c1-3-12-31-22-13-16(4-7-21(22)30-2)15-26-10-8-18(9-11-26)27-20-6-5-17(23(28)29)14-19(20)24-25-27/h4-7,13-14,18H,3,8-12,15H2,1-2H3,(H,28,29). The summed E-state index contributed by atoms with van der Waals surface area (Å²) in [5.41, 5.74) is 2.95. The number of carbonyl (C=O) groups is 1. The third-order valence-corrected chi connectivity index (χ3v) is 5.72. The van der Waals surface area contributed by atoms with Crippen molar-refractivity contribution in [3.05, 3.63) is 47.5 Å². The summed E-state index contributed by atoms with van der Waals surface area (Å²) >= 11 is 0. The maximum absolute atomic E-state index is 11.2. The molecule has 0 atom stereocenters. The van der Waals surface area contributed by atoms with Crippen LogP contribution in [0, 0.1) is 0 Å². The van der Waals surface area contributed by atoms with Crippen LogP contribution in [0.3, 0.4) is 0 Å². The first-order chi connectivity index (χ1) is 15.1. The number of aromatic carboxylic acids is 1. The van der Waals surface area contributed by atoms with Gasteiger partial charge in [0.15, 0.2) is 11.5 Å². The lowest BCUT2D eigenvalue weighted by Crippen LogP contribution is -2.34. The highest BCUT2D eigenvalue weighted by molar-refractivity contribution is 5.92. The Morgan fingerprint density at radius 2 is 1.97 bits per heavy atom. The monoisotopic (exact) mass is 424 g/mol. The summed E-state index contributed by atoms with van der Waals surface area (Å²) in [6, 6.07) is 11.4. The molecule has 3 aromatic rings. The molecule has 1 aliphatic rings. The van der Waals surface area contributed by atoms with Crippen molar-refractivity contribution in [1.82, 2.24) is 19.9 Å². The Bertz CT molecular complexity index is 1060. The number of likely N-dealkylation sites (tertiary alicyclic amines) is 1. The Balaban J connectivity index is 1.40. The molecular weight excluding hydrogens is 396 g/mol. The summed E-state index contributed by atoms with van der Waals surface area (Å²) < 4.78 is 13.2. The van der Waals surface area contributed by atoms with Gasteiger partial charge in [-0.25, -0.2) is 9.48 Å². The minimum Gasteiger partial charge on any atom is -0.493 e. The van der Waals surface area contributed by atoms with E-state index in [2.05, 4.69) is 34.3 Å². The van der Waals surface area contributed by atoms with Crippen LogP contribution in [0.5, 0.6) is 11.5 Å². The van der Waals surface area contributed by atoms with Gasteiger partial charge in [0, 0.05) is 19.6 Å². The van der Waals surface area contributed by atoms with Crippen LogP contribution in [0.2, 0.25) is 0 Å². The van der Waals surface area contributed by atoms with E-state index in [9.17, 15) is 4.79 Å². The van der Waals surface area contributed by atoms with Crippen LogP contribution < -0.4 is 9.47 Å². The van der Waals surface area contributed by atoms with E-state index in [1.54, 1.807) is 25.3 Å². The smallest absolute Gasteiger partial charge is 0.335 e. The van der Waals surface area contributed by atoms with Crippen LogP contribution in [-0.2, 0) is 6.54 Å². The molecule has 1 fully saturated rings. The summed E-state index contributed by atoms with van der Waals surface area (Å²) in [4.78, 5) is 13.6. The topological polar surface area (TPSA) is 89.7 Å². The molecule has 8 heteroatoms. The molecule has 1 N–H and O–H groups in total. The maximum atomic E-state index is 11.2. The first-order valence-corrected chi connectivity index (χ1v) is 10.7. The Labute approximate surface area is 181 Å². The molecule has 0 amide bonds. The number of rotatable bonds is 8. The van der Waals surface area contributed by atoms with Gasteiger partial charge in [0.1, 0.15) is 5.52 Å². The predicted molar refractivity (Wildman–Crippen MR) is 117 cm³/mol. The molecule has 8 nitrogen and oxygen atoms in total. The van der Waals surface area contributed by atoms with Gasteiger partial charge in [-0.3, -0.25) is 4.90 Å². The maximum Gasteiger partial charge on any atom is 0.335 e. The Morgan fingerprint density at radius 3 is 2.68 bits per heavy atom. The van der Waals surface area contributed by atoms with Gasteiger partial charge >= 0.3 is 5.97 Å². The number of carboxylic acids is 1. The number of fused-ring (bicyclic) bond motifs is 1. The summed E-state index contributed by atoms with van der Waals surface area (Å²) in [6.45, 7) is 5.53. The van der Waals surface area contributed by atoms with Crippen molar-refractivity contribution in [2.24, 2.45) is 0 Å². The SMILES string of the molecule is CCCOc1cc(CN2CCC(n3nnc4cc(C(=O)O)ccc43)CC2)ccc1OC. The van der Waals surface area contributed by atoms with Gasteiger partial charge in [0.2, 0.25) is 0 Å². The third-order valence-electron chi connectivity index (χ3n) is 5.72. The molecule has 2 aromatic carbocycles. The largest absolute Gasteiger partial charge is 0.493 e. The highest BCUT2D eigenvalue weighted by atomic mass is 16.5. The molecule has 31 heavy (non-hydrogen) atoms. The van der Waals surface area contributed by atoms with E-state index in [-0.39, 0.29) is 11.6 Å². The highest BCUT2D eigenvalue weighted by Crippen LogP contribution is 2.30. The van der Waals surface area contributed by atoms with Gasteiger partial charge < -0.3 is 14.6 Å². The Morgan fingerprint density at radius 1 is 1.16 bits per heavy atom. The van der Waals surface area contributed by atoms with Crippen LogP contribution in [0.25, 0.3) is 11.0 Å². The Hall–Kier alpha value is -3.13. The first-order valence-electron chi connectivity index (χ1n) is 10.7. The van der Waals surface area contributed by atoms with Crippen molar-refractivity contribution in [3.8, 4) is 11.5 Å². The summed E-state index contributed by atoms with van der Waals surface area (Å²) in [5.74, 6) is 0.609. The number of benzene rings is 2. The zero-order valence-corrected chi connectivity index (χ0v) is 18.0. The van der Waals surface area contributed by atoms with Crippen LogP contribution in [0.4, 0.5) is 0 Å². The van der Waals surface area contributed by atoms with Gasteiger partial charge in [-0.15, -0.1) is 5.10 Å². The molecule has 0 saturated carbocycles. The van der Waals surface area contributed by atoms with Gasteiger partial charge in [0.05, 0.1) is 30.8 Å². The van der Waals surface area contributed by atoms with Crippen molar-refractivity contribution >= 4 is 17.0 Å². The molecule has 164 valence electrons. The fourth-order valence-corrected chi connectivity index (χ4v) is 4.07. The normalized spacial score (nSPS) is 15.3. The molecular formula is C23H28N4O4. The van der Waals surface area contributed by atoms with Crippen LogP contribution in [0.15, 0.2) is 36.4 Å². The third kappa shape index (κ3) is 4.64. The van der Waals surface area contributed by atoms with Crippen LogP contribution >= 0.6 is 0 Å². The highest BCUT2D eigenvalue weighted by Gasteiger charge is 2.23. The lowest BCUT2D eigenvalue weighted by atomic mass is 10.0. The minimum absolute atomic E-state index is 0.233. The van der Waals surface area contributed by atoms with Crippen molar-refractivity contribution in [2.75, 3.05) is 26.8 Å². The van der Waals surface area contributed by atoms with Crippen LogP contribution in [-0.4, -0.2) is 57.8 Å². The summed E-state index contributed by atoms with van der Waals surface area (Å²) in [5, 5.41) is 17.7. The lowest BCUT2D eigenvalue weighted by molar-refractivity contribution is 0.0697. The quantitative estimate of drug-likeness (QED) is 0.589. The number of carboxylic acid groups (broad SMARTS) is 1. The molecule has 0 radical (unpaired) electrons. The second-order valence-electron chi connectivity index (χ2n) is 7.88. The second kappa shape index (κ2) is 9.34. The molecule has 1 saturated heterocycles. The van der Waals surface area contributed by atoms with Crippen molar-refractivity contribution in [3.63, 3.8) is 0 Å². The van der Waals surface area contributed by atoms with Crippen molar-refractivity contribution in [1.29, 1.82) is 0 Å². The molecule has 1 aromatic heterocycles. The van der Waals surface area contributed by atoms with E-state index in [4.69, 9.17) is 14.6 Å². The van der Waals surface area contributed by atoms with E-state index in [0.29, 0.717) is 12.1 Å². The van der Waals surface area contributed by atoms with Gasteiger partial charge in [-0.05, 0) is 55.2 Å². The van der Waals surface area contributed by atoms with E-state index < -0.39 is 5.97 Å². The van der Waals surface area contributed by atoms with E-state index >= 15 is 0 Å². The fourth-order valence-electron chi connectivity index (χ4n) is 4.07.